The first-order chi connectivity index (χ1) is 19.7. The number of anilines is 1. The first-order valence-corrected chi connectivity index (χ1v) is 14.9. The summed E-state index contributed by atoms with van der Waals surface area (Å²) < 4.78 is 1.73. The van der Waals surface area contributed by atoms with Crippen LogP contribution in [0.25, 0.3) is 10.9 Å². The van der Waals surface area contributed by atoms with E-state index in [1.54, 1.807) is 28.5 Å². The van der Waals surface area contributed by atoms with Crippen molar-refractivity contribution in [2.75, 3.05) is 38.3 Å². The first-order valence-electron chi connectivity index (χ1n) is 13.8. The van der Waals surface area contributed by atoms with E-state index in [1.807, 2.05) is 86.7 Å². The van der Waals surface area contributed by atoms with Crippen molar-refractivity contribution in [3.8, 4) is 0 Å². The Morgan fingerprint density at radius 1 is 0.976 bits per heavy atom. The summed E-state index contributed by atoms with van der Waals surface area (Å²) in [6.07, 6.45) is 0.911. The smallest absolute Gasteiger partial charge is 0.423 e. The Bertz CT molecular complexity index is 1560. The quantitative estimate of drug-likeness (QED) is 0.144. The topological polar surface area (TPSA) is 86.0 Å². The molecule has 0 fully saturated rings. The van der Waals surface area contributed by atoms with E-state index >= 15 is 0 Å². The molecule has 0 aliphatic heterocycles. The van der Waals surface area contributed by atoms with Gasteiger partial charge in [-0.15, -0.1) is 0 Å². The van der Waals surface area contributed by atoms with Gasteiger partial charge in [-0.05, 0) is 67.0 Å². The van der Waals surface area contributed by atoms with Gasteiger partial charge in [0.25, 0.3) is 5.56 Å². The zero-order chi connectivity index (χ0) is 29.5. The largest absolute Gasteiger partial charge is 0.488 e. The summed E-state index contributed by atoms with van der Waals surface area (Å²) in [7, 11) is 4.48. The molecule has 0 unspecified atom stereocenters. The number of ketones is 1. The molecule has 0 bridgehead atoms. The van der Waals surface area contributed by atoms with Gasteiger partial charge in [-0.1, -0.05) is 60.7 Å². The van der Waals surface area contributed by atoms with E-state index in [9.17, 15) is 19.6 Å². The average molecular weight is 572 g/mol. The Kier molecular flexibility index (Phi) is 10.4. The second-order valence-corrected chi connectivity index (χ2v) is 11.7. The molecule has 9 heteroatoms. The summed E-state index contributed by atoms with van der Waals surface area (Å²) >= 11 is 1.72. The van der Waals surface area contributed by atoms with Crippen LogP contribution in [0.2, 0.25) is 0 Å². The lowest BCUT2D eigenvalue weighted by Crippen LogP contribution is -2.35. The molecule has 214 valence electrons. The minimum atomic E-state index is -1.49. The Balaban J connectivity index is 1.54. The van der Waals surface area contributed by atoms with Gasteiger partial charge >= 0.3 is 7.12 Å². The van der Waals surface area contributed by atoms with Crippen molar-refractivity contribution in [2.45, 2.75) is 32.2 Å². The second kappa shape index (κ2) is 14.0. The van der Waals surface area contributed by atoms with Gasteiger partial charge < -0.3 is 24.4 Å². The second-order valence-electron chi connectivity index (χ2n) is 10.6. The van der Waals surface area contributed by atoms with Crippen LogP contribution in [0.15, 0.2) is 77.6 Å². The fourth-order valence-electron chi connectivity index (χ4n) is 5.13. The SMILES string of the molecule is CC(=O)c1c(CSCCCN(C)Cc2ccccc2B(O)O)c2ccc(N(C)C)cc2n(Cc2ccccc2)c1=O. The number of fused-ring (bicyclic) bond motifs is 1. The lowest BCUT2D eigenvalue weighted by atomic mass is 9.77. The molecule has 3 aromatic carbocycles. The summed E-state index contributed by atoms with van der Waals surface area (Å²) in [5.41, 5.74) is 5.07. The van der Waals surface area contributed by atoms with Gasteiger partial charge in [0, 0.05) is 37.5 Å². The summed E-state index contributed by atoms with van der Waals surface area (Å²) in [5, 5.41) is 20.2. The molecule has 4 rings (SSSR count). The number of hydrogen-bond donors (Lipinski definition) is 2. The highest BCUT2D eigenvalue weighted by molar-refractivity contribution is 7.98. The highest BCUT2D eigenvalue weighted by Crippen LogP contribution is 2.29. The molecule has 41 heavy (non-hydrogen) atoms. The van der Waals surface area contributed by atoms with Crippen molar-refractivity contribution in [3.05, 3.63) is 105 Å². The normalized spacial score (nSPS) is 11.3. The molecular formula is C32H38BN3O4S. The van der Waals surface area contributed by atoms with Crippen molar-refractivity contribution in [1.29, 1.82) is 0 Å². The minimum absolute atomic E-state index is 0.213. The van der Waals surface area contributed by atoms with Gasteiger partial charge in [0.15, 0.2) is 5.78 Å². The van der Waals surface area contributed by atoms with Crippen molar-refractivity contribution < 1.29 is 14.8 Å². The maximum atomic E-state index is 13.8. The van der Waals surface area contributed by atoms with Crippen molar-refractivity contribution in [3.63, 3.8) is 0 Å². The molecule has 7 nitrogen and oxygen atoms in total. The molecular weight excluding hydrogens is 533 g/mol. The van der Waals surface area contributed by atoms with E-state index in [0.717, 1.165) is 52.0 Å². The van der Waals surface area contributed by atoms with Crippen LogP contribution in [0.5, 0.6) is 0 Å². The van der Waals surface area contributed by atoms with Gasteiger partial charge in [-0.25, -0.2) is 0 Å². The van der Waals surface area contributed by atoms with Crippen LogP contribution < -0.4 is 15.9 Å². The van der Waals surface area contributed by atoms with E-state index in [2.05, 4.69) is 4.90 Å². The summed E-state index contributed by atoms with van der Waals surface area (Å²) in [6, 6.07) is 23.3. The Morgan fingerprint density at radius 2 is 1.68 bits per heavy atom. The Labute approximate surface area is 246 Å². The lowest BCUT2D eigenvalue weighted by Gasteiger charge is -2.20. The Hall–Kier alpha value is -3.37. The van der Waals surface area contributed by atoms with E-state index in [-0.39, 0.29) is 16.9 Å². The Morgan fingerprint density at radius 3 is 2.37 bits per heavy atom. The van der Waals surface area contributed by atoms with Gasteiger partial charge in [0.1, 0.15) is 0 Å². The number of thioether (sulfide) groups is 1. The molecule has 0 aliphatic carbocycles. The van der Waals surface area contributed by atoms with Gasteiger partial charge in [0.2, 0.25) is 0 Å². The van der Waals surface area contributed by atoms with Crippen molar-refractivity contribution in [2.24, 2.45) is 0 Å². The molecule has 0 spiro atoms. The molecule has 0 atom stereocenters. The maximum absolute atomic E-state index is 13.8. The van der Waals surface area contributed by atoms with Crippen LogP contribution in [-0.2, 0) is 18.8 Å². The molecule has 2 N–H and O–H groups in total. The number of pyridine rings is 1. The highest BCUT2D eigenvalue weighted by Gasteiger charge is 2.21. The molecule has 0 saturated carbocycles. The number of hydrogen-bond acceptors (Lipinski definition) is 7. The van der Waals surface area contributed by atoms with Crippen LogP contribution in [0.4, 0.5) is 5.69 Å². The van der Waals surface area contributed by atoms with Gasteiger partial charge in [-0.3, -0.25) is 9.59 Å². The highest BCUT2D eigenvalue weighted by atomic mass is 32.2. The van der Waals surface area contributed by atoms with Crippen LogP contribution in [0.3, 0.4) is 0 Å². The third-order valence-electron chi connectivity index (χ3n) is 7.26. The third-order valence-corrected chi connectivity index (χ3v) is 8.33. The fourth-order valence-corrected chi connectivity index (χ4v) is 6.11. The molecule has 4 aromatic rings. The number of rotatable bonds is 13. The molecule has 1 aromatic heterocycles. The van der Waals surface area contributed by atoms with Gasteiger partial charge in [-0.2, -0.15) is 11.8 Å². The standard InChI is InChI=1S/C32H38BN3O4S/c1-23(37)31-28(22-41-18-10-17-35(4)21-25-13-8-9-14-29(25)33(39)40)27-16-15-26(34(2)3)19-30(27)36(32(31)38)20-24-11-6-5-7-12-24/h5-9,11-16,19,39-40H,10,17-18,20-22H2,1-4H3. The lowest BCUT2D eigenvalue weighted by molar-refractivity contribution is 0.101. The number of carbonyl (C=O) groups excluding carboxylic acids is 1. The number of aromatic nitrogens is 1. The van der Waals surface area contributed by atoms with E-state index in [0.29, 0.717) is 24.3 Å². The summed E-state index contributed by atoms with van der Waals surface area (Å²) in [4.78, 5) is 30.9. The van der Waals surface area contributed by atoms with Crippen LogP contribution in [-0.4, -0.2) is 65.9 Å². The van der Waals surface area contributed by atoms with Gasteiger partial charge in [0.05, 0.1) is 17.6 Å². The number of Topliss-reactive ketones (excluding diaryl/α,β-unsaturated/α-hetero) is 1. The minimum Gasteiger partial charge on any atom is -0.423 e. The third kappa shape index (κ3) is 7.48. The maximum Gasteiger partial charge on any atom is 0.488 e. The zero-order valence-corrected chi connectivity index (χ0v) is 25.0. The molecule has 0 radical (unpaired) electrons. The van der Waals surface area contributed by atoms with E-state index in [4.69, 9.17) is 0 Å². The summed E-state index contributed by atoms with van der Waals surface area (Å²) in [5.74, 6) is 1.21. The molecule has 1 heterocycles. The predicted octanol–water partition coefficient (Wildman–Crippen LogP) is 3.75. The predicted molar refractivity (Wildman–Crippen MR) is 171 cm³/mol. The van der Waals surface area contributed by atoms with E-state index in [1.165, 1.54) is 6.92 Å². The first kappa shape index (κ1) is 30.6. The molecule has 0 amide bonds. The number of carbonyl (C=O) groups is 1. The molecule has 0 aliphatic rings. The van der Waals surface area contributed by atoms with Crippen LogP contribution in [0, 0.1) is 0 Å². The van der Waals surface area contributed by atoms with E-state index < -0.39 is 7.12 Å². The monoisotopic (exact) mass is 571 g/mol. The molecule has 0 saturated heterocycles. The number of nitrogens with zero attached hydrogens (tertiary/aromatic N) is 3. The zero-order valence-electron chi connectivity index (χ0n) is 24.2. The van der Waals surface area contributed by atoms with Crippen molar-refractivity contribution in [1.82, 2.24) is 9.47 Å². The fraction of sp³-hybridized carbons (Fsp3) is 0.312. The van der Waals surface area contributed by atoms with Crippen LogP contribution >= 0.6 is 11.8 Å². The average Bonchev–Trinajstić information content (AvgIpc) is 2.94. The van der Waals surface area contributed by atoms with Crippen molar-refractivity contribution >= 4 is 46.7 Å². The number of benzene rings is 3. The van der Waals surface area contributed by atoms with Crippen LogP contribution in [0.1, 0.15) is 40.4 Å². The summed E-state index contributed by atoms with van der Waals surface area (Å²) in [6.45, 7) is 3.32.